The Labute approximate surface area is 114 Å². The molecule has 0 atom stereocenters. The van der Waals surface area contributed by atoms with Crippen LogP contribution in [0.25, 0.3) is 0 Å². The minimum atomic E-state index is -0.351. The first-order chi connectivity index (χ1) is 9.08. The van der Waals surface area contributed by atoms with Crippen LogP contribution >= 0.6 is 0 Å². The van der Waals surface area contributed by atoms with Crippen LogP contribution < -0.4 is 4.74 Å². The average molecular weight is 262 g/mol. The molecule has 0 heterocycles. The molecule has 0 spiro atoms. The Morgan fingerprint density at radius 2 is 1.95 bits per heavy atom. The summed E-state index contributed by atoms with van der Waals surface area (Å²) in [6.45, 7) is 2.35. The van der Waals surface area contributed by atoms with Crippen LogP contribution in [0.4, 0.5) is 0 Å². The molecule has 104 valence electrons. The summed E-state index contributed by atoms with van der Waals surface area (Å²) in [7, 11) is 2.97. The van der Waals surface area contributed by atoms with Crippen molar-refractivity contribution < 1.29 is 14.3 Å². The van der Waals surface area contributed by atoms with E-state index < -0.39 is 0 Å². The van der Waals surface area contributed by atoms with E-state index in [9.17, 15) is 4.79 Å². The Morgan fingerprint density at radius 3 is 2.53 bits per heavy atom. The summed E-state index contributed by atoms with van der Waals surface area (Å²) in [6, 6.07) is 5.78. The molecule has 1 aliphatic carbocycles. The van der Waals surface area contributed by atoms with Crippen molar-refractivity contribution in [3.8, 4) is 5.75 Å². The first-order valence-electron chi connectivity index (χ1n) is 6.83. The molecule has 0 N–H and O–H groups in total. The van der Waals surface area contributed by atoms with Gasteiger partial charge in [0.25, 0.3) is 0 Å². The van der Waals surface area contributed by atoms with Gasteiger partial charge in [0.05, 0.1) is 14.2 Å². The lowest BCUT2D eigenvalue weighted by Crippen LogP contribution is -2.15. The standard InChI is InChI=1S/C16H22O3/c1-16(8-4-5-9-16)11-12-6-7-13(15(17)19-3)14(10-12)18-2/h6-7,10H,4-5,8-9,11H2,1-3H3. The van der Waals surface area contributed by atoms with Gasteiger partial charge in [0.2, 0.25) is 0 Å². The molecule has 0 unspecified atom stereocenters. The summed E-state index contributed by atoms with van der Waals surface area (Å²) in [5.41, 5.74) is 2.12. The summed E-state index contributed by atoms with van der Waals surface area (Å²) < 4.78 is 10.1. The van der Waals surface area contributed by atoms with Crippen LogP contribution in [-0.2, 0) is 11.2 Å². The van der Waals surface area contributed by atoms with Crippen LogP contribution in [0.15, 0.2) is 18.2 Å². The zero-order valence-corrected chi connectivity index (χ0v) is 12.0. The third-order valence-electron chi connectivity index (χ3n) is 4.11. The highest BCUT2D eigenvalue weighted by molar-refractivity contribution is 5.92. The number of esters is 1. The zero-order valence-electron chi connectivity index (χ0n) is 12.0. The normalized spacial score (nSPS) is 17.2. The van der Waals surface area contributed by atoms with E-state index in [2.05, 4.69) is 6.92 Å². The molecule has 1 aromatic carbocycles. The van der Waals surface area contributed by atoms with E-state index in [0.29, 0.717) is 16.7 Å². The highest BCUT2D eigenvalue weighted by Gasteiger charge is 2.29. The van der Waals surface area contributed by atoms with Crippen LogP contribution in [0, 0.1) is 5.41 Å². The van der Waals surface area contributed by atoms with Crippen molar-refractivity contribution in [1.82, 2.24) is 0 Å². The molecule has 0 aliphatic heterocycles. The average Bonchev–Trinajstić information content (AvgIpc) is 2.84. The minimum Gasteiger partial charge on any atom is -0.496 e. The van der Waals surface area contributed by atoms with Gasteiger partial charge in [-0.1, -0.05) is 25.8 Å². The van der Waals surface area contributed by atoms with Crippen LogP contribution in [0.2, 0.25) is 0 Å². The Balaban J connectivity index is 2.21. The number of hydrogen-bond acceptors (Lipinski definition) is 3. The largest absolute Gasteiger partial charge is 0.496 e. The first-order valence-corrected chi connectivity index (χ1v) is 6.83. The lowest BCUT2D eigenvalue weighted by molar-refractivity contribution is 0.0597. The van der Waals surface area contributed by atoms with Crippen LogP contribution in [-0.4, -0.2) is 20.2 Å². The molecule has 0 radical (unpaired) electrons. The lowest BCUT2D eigenvalue weighted by atomic mass is 9.82. The fourth-order valence-corrected chi connectivity index (χ4v) is 3.02. The number of carbonyl (C=O) groups is 1. The molecule has 3 heteroatoms. The molecule has 2 rings (SSSR count). The third kappa shape index (κ3) is 3.09. The maximum Gasteiger partial charge on any atom is 0.341 e. The number of hydrogen-bond donors (Lipinski definition) is 0. The van der Waals surface area contributed by atoms with Crippen molar-refractivity contribution in [3.05, 3.63) is 29.3 Å². The molecule has 0 saturated heterocycles. The van der Waals surface area contributed by atoms with Crippen LogP contribution in [0.5, 0.6) is 5.75 Å². The van der Waals surface area contributed by atoms with Gasteiger partial charge in [0, 0.05) is 0 Å². The molecule has 1 aromatic rings. The topological polar surface area (TPSA) is 35.5 Å². The molecule has 0 aromatic heterocycles. The number of ether oxygens (including phenoxy) is 2. The first kappa shape index (κ1) is 13.9. The molecular formula is C16H22O3. The summed E-state index contributed by atoms with van der Waals surface area (Å²) in [6.07, 6.45) is 6.27. The molecule has 0 bridgehead atoms. The van der Waals surface area contributed by atoms with Gasteiger partial charge in [-0.15, -0.1) is 0 Å². The lowest BCUT2D eigenvalue weighted by Gasteiger charge is -2.23. The molecule has 1 fully saturated rings. The van der Waals surface area contributed by atoms with Crippen molar-refractivity contribution in [1.29, 1.82) is 0 Å². The summed E-state index contributed by atoms with van der Waals surface area (Å²) in [4.78, 5) is 11.6. The van der Waals surface area contributed by atoms with Gasteiger partial charge in [-0.2, -0.15) is 0 Å². The second kappa shape index (κ2) is 5.64. The van der Waals surface area contributed by atoms with E-state index in [1.54, 1.807) is 13.2 Å². The monoisotopic (exact) mass is 262 g/mol. The van der Waals surface area contributed by atoms with Crippen molar-refractivity contribution in [2.24, 2.45) is 5.41 Å². The van der Waals surface area contributed by atoms with Gasteiger partial charge in [-0.3, -0.25) is 0 Å². The highest BCUT2D eigenvalue weighted by atomic mass is 16.5. The number of rotatable bonds is 4. The number of benzene rings is 1. The van der Waals surface area contributed by atoms with Gasteiger partial charge in [0.1, 0.15) is 11.3 Å². The van der Waals surface area contributed by atoms with E-state index in [4.69, 9.17) is 9.47 Å². The van der Waals surface area contributed by atoms with Gasteiger partial charge in [-0.05, 0) is 42.4 Å². The van der Waals surface area contributed by atoms with E-state index in [-0.39, 0.29) is 5.97 Å². The maximum absolute atomic E-state index is 11.6. The maximum atomic E-state index is 11.6. The number of carbonyl (C=O) groups excluding carboxylic acids is 1. The summed E-state index contributed by atoms with van der Waals surface area (Å²) in [5, 5.41) is 0. The van der Waals surface area contributed by atoms with E-state index in [0.717, 1.165) is 6.42 Å². The Hall–Kier alpha value is -1.51. The molecule has 3 nitrogen and oxygen atoms in total. The molecule has 1 aliphatic rings. The predicted molar refractivity (Wildman–Crippen MR) is 74.6 cm³/mol. The van der Waals surface area contributed by atoms with Gasteiger partial charge in [-0.25, -0.2) is 4.79 Å². The fraction of sp³-hybridized carbons (Fsp3) is 0.562. The van der Waals surface area contributed by atoms with Crippen LogP contribution in [0.1, 0.15) is 48.5 Å². The van der Waals surface area contributed by atoms with Gasteiger partial charge < -0.3 is 9.47 Å². The van der Waals surface area contributed by atoms with Gasteiger partial charge >= 0.3 is 5.97 Å². The summed E-state index contributed by atoms with van der Waals surface area (Å²) in [5.74, 6) is 0.251. The second-order valence-electron chi connectivity index (χ2n) is 5.72. The quantitative estimate of drug-likeness (QED) is 0.778. The molecule has 0 amide bonds. The Bertz CT molecular complexity index is 459. The van der Waals surface area contributed by atoms with Crippen molar-refractivity contribution in [2.75, 3.05) is 14.2 Å². The van der Waals surface area contributed by atoms with E-state index in [1.807, 2.05) is 12.1 Å². The van der Waals surface area contributed by atoms with Crippen molar-refractivity contribution >= 4 is 5.97 Å². The van der Waals surface area contributed by atoms with Crippen molar-refractivity contribution in [2.45, 2.75) is 39.0 Å². The Kier molecular flexibility index (Phi) is 4.13. The third-order valence-corrected chi connectivity index (χ3v) is 4.11. The van der Waals surface area contributed by atoms with E-state index >= 15 is 0 Å². The minimum absolute atomic E-state index is 0.351. The molecular weight excluding hydrogens is 240 g/mol. The zero-order chi connectivity index (χ0) is 13.9. The second-order valence-corrected chi connectivity index (χ2v) is 5.72. The van der Waals surface area contributed by atoms with Gasteiger partial charge in [0.15, 0.2) is 0 Å². The number of methoxy groups -OCH3 is 2. The van der Waals surface area contributed by atoms with Crippen LogP contribution in [0.3, 0.4) is 0 Å². The Morgan fingerprint density at radius 1 is 1.26 bits per heavy atom. The predicted octanol–water partition coefficient (Wildman–Crippen LogP) is 3.60. The fourth-order valence-electron chi connectivity index (χ4n) is 3.02. The summed E-state index contributed by atoms with van der Waals surface area (Å²) >= 11 is 0. The molecule has 1 saturated carbocycles. The smallest absolute Gasteiger partial charge is 0.341 e. The molecule has 19 heavy (non-hydrogen) atoms. The van der Waals surface area contributed by atoms with E-state index in [1.165, 1.54) is 38.4 Å². The SMILES string of the molecule is COC(=O)c1ccc(CC2(C)CCCC2)cc1OC. The van der Waals surface area contributed by atoms with Crippen molar-refractivity contribution in [3.63, 3.8) is 0 Å². The highest BCUT2D eigenvalue weighted by Crippen LogP contribution is 2.40.